The van der Waals surface area contributed by atoms with E-state index in [1.807, 2.05) is 11.0 Å². The molecule has 1 N–H and O–H groups in total. The Hall–Kier alpha value is -1.72. The Balaban J connectivity index is 1.74. The van der Waals surface area contributed by atoms with Gasteiger partial charge in [-0.3, -0.25) is 9.69 Å². The average molecular weight is 394 g/mol. The molecule has 7 heteroatoms. The molecule has 3 aliphatic rings. The number of urea groups is 1. The number of hydrogen-bond donors (Lipinski definition) is 1. The summed E-state index contributed by atoms with van der Waals surface area (Å²) < 4.78 is 0. The molecule has 0 unspecified atom stereocenters. The van der Waals surface area contributed by atoms with Crippen LogP contribution in [0.4, 0.5) is 4.79 Å². The Labute approximate surface area is 162 Å². The SMILES string of the molecule is CN1C(=O)N[C@@H](c2cccc(Cl)c2Cl)C2=C1CN(C1CCCCC1)C2=O. The number of likely N-dealkylation sites (N-methyl/N-ethyl adjacent to an activating group) is 1. The number of carbonyl (C=O) groups is 2. The van der Waals surface area contributed by atoms with Crippen molar-refractivity contribution in [2.75, 3.05) is 13.6 Å². The number of benzene rings is 1. The maximum absolute atomic E-state index is 13.3. The third kappa shape index (κ3) is 2.78. The first-order valence-corrected chi connectivity index (χ1v) is 9.76. The number of hydrogen-bond acceptors (Lipinski definition) is 2. The second-order valence-electron chi connectivity index (χ2n) is 7.17. The third-order valence-corrected chi connectivity index (χ3v) is 6.53. The highest BCUT2D eigenvalue weighted by atomic mass is 35.5. The molecular formula is C19H21Cl2N3O2. The predicted octanol–water partition coefficient (Wildman–Crippen LogP) is 4.12. The quantitative estimate of drug-likeness (QED) is 0.821. The molecule has 1 fully saturated rings. The van der Waals surface area contributed by atoms with Crippen molar-refractivity contribution in [3.63, 3.8) is 0 Å². The van der Waals surface area contributed by atoms with Crippen LogP contribution in [-0.4, -0.2) is 41.4 Å². The van der Waals surface area contributed by atoms with Crippen LogP contribution < -0.4 is 5.32 Å². The monoisotopic (exact) mass is 393 g/mol. The summed E-state index contributed by atoms with van der Waals surface area (Å²) in [6.45, 7) is 0.484. The summed E-state index contributed by atoms with van der Waals surface area (Å²) in [4.78, 5) is 29.2. The molecule has 1 aromatic rings. The maximum Gasteiger partial charge on any atom is 0.322 e. The predicted molar refractivity (Wildman–Crippen MR) is 101 cm³/mol. The number of carbonyl (C=O) groups excluding carboxylic acids is 2. The Bertz CT molecular complexity index is 802. The number of nitrogens with one attached hydrogen (secondary N) is 1. The number of rotatable bonds is 2. The van der Waals surface area contributed by atoms with Gasteiger partial charge < -0.3 is 10.2 Å². The van der Waals surface area contributed by atoms with Gasteiger partial charge in [-0.1, -0.05) is 54.6 Å². The van der Waals surface area contributed by atoms with Gasteiger partial charge in [-0.05, 0) is 24.5 Å². The molecule has 0 radical (unpaired) electrons. The van der Waals surface area contributed by atoms with E-state index in [-0.39, 0.29) is 18.0 Å². The van der Waals surface area contributed by atoms with Crippen molar-refractivity contribution in [2.45, 2.75) is 44.2 Å². The van der Waals surface area contributed by atoms with Gasteiger partial charge in [0.15, 0.2) is 0 Å². The zero-order chi connectivity index (χ0) is 18.4. The Kier molecular flexibility index (Phi) is 4.61. The molecule has 138 valence electrons. The minimum atomic E-state index is -0.569. The van der Waals surface area contributed by atoms with Gasteiger partial charge in [0.05, 0.1) is 33.9 Å². The van der Waals surface area contributed by atoms with E-state index < -0.39 is 6.04 Å². The number of halogens is 2. The van der Waals surface area contributed by atoms with Crippen molar-refractivity contribution >= 4 is 35.1 Å². The first-order chi connectivity index (χ1) is 12.5. The molecule has 0 aromatic heterocycles. The lowest BCUT2D eigenvalue weighted by atomic mass is 9.93. The molecule has 1 aliphatic carbocycles. The molecule has 1 saturated carbocycles. The summed E-state index contributed by atoms with van der Waals surface area (Å²) in [7, 11) is 1.71. The molecule has 26 heavy (non-hydrogen) atoms. The fourth-order valence-electron chi connectivity index (χ4n) is 4.25. The fourth-order valence-corrected chi connectivity index (χ4v) is 4.67. The van der Waals surface area contributed by atoms with Crippen LogP contribution in [0.2, 0.25) is 10.0 Å². The summed E-state index contributed by atoms with van der Waals surface area (Å²) in [5, 5.41) is 3.70. The number of amides is 3. The van der Waals surface area contributed by atoms with Gasteiger partial charge in [0.25, 0.3) is 5.91 Å². The molecule has 0 spiro atoms. The lowest BCUT2D eigenvalue weighted by molar-refractivity contribution is -0.128. The van der Waals surface area contributed by atoms with Crippen LogP contribution in [0.3, 0.4) is 0 Å². The molecule has 5 nitrogen and oxygen atoms in total. The normalized spacial score (nSPS) is 24.2. The van der Waals surface area contributed by atoms with E-state index in [0.717, 1.165) is 31.4 Å². The zero-order valence-electron chi connectivity index (χ0n) is 14.6. The van der Waals surface area contributed by atoms with Gasteiger partial charge in [-0.15, -0.1) is 0 Å². The van der Waals surface area contributed by atoms with Crippen molar-refractivity contribution < 1.29 is 9.59 Å². The molecule has 4 rings (SSSR count). The smallest absolute Gasteiger partial charge is 0.322 e. The minimum Gasteiger partial charge on any atom is -0.330 e. The Morgan fingerprint density at radius 2 is 1.85 bits per heavy atom. The highest BCUT2D eigenvalue weighted by Crippen LogP contribution is 2.41. The van der Waals surface area contributed by atoms with Crippen LogP contribution in [-0.2, 0) is 4.79 Å². The molecular weight excluding hydrogens is 373 g/mol. The minimum absolute atomic E-state index is 0.000192. The lowest BCUT2D eigenvalue weighted by Crippen LogP contribution is -2.45. The first-order valence-electron chi connectivity index (χ1n) is 9.01. The van der Waals surface area contributed by atoms with E-state index in [1.54, 1.807) is 24.1 Å². The van der Waals surface area contributed by atoms with E-state index in [9.17, 15) is 9.59 Å². The number of nitrogens with zero attached hydrogens (tertiary/aromatic N) is 2. The van der Waals surface area contributed by atoms with Gasteiger partial charge in [0.1, 0.15) is 0 Å². The highest BCUT2D eigenvalue weighted by Gasteiger charge is 2.45. The van der Waals surface area contributed by atoms with E-state index >= 15 is 0 Å². The standard InChI is InChI=1S/C19H21Cl2N3O2/c1-23-14-10-24(11-6-3-2-4-7-11)18(25)15(14)17(22-19(23)26)12-8-5-9-13(20)16(12)21/h5,8-9,11,17H,2-4,6-7,10H2,1H3,(H,22,26)/t17-/m0/s1. The van der Waals surface area contributed by atoms with E-state index in [1.165, 1.54) is 6.42 Å². The van der Waals surface area contributed by atoms with Crippen molar-refractivity contribution in [2.24, 2.45) is 0 Å². The average Bonchev–Trinajstić information content (AvgIpc) is 2.99. The van der Waals surface area contributed by atoms with E-state index in [0.29, 0.717) is 27.7 Å². The van der Waals surface area contributed by atoms with Gasteiger partial charge >= 0.3 is 6.03 Å². The van der Waals surface area contributed by atoms with Crippen LogP contribution in [0.1, 0.15) is 43.7 Å². The largest absolute Gasteiger partial charge is 0.330 e. The van der Waals surface area contributed by atoms with Crippen LogP contribution in [0.15, 0.2) is 29.5 Å². The van der Waals surface area contributed by atoms with Gasteiger partial charge in [-0.2, -0.15) is 0 Å². The first kappa shape index (κ1) is 17.7. The van der Waals surface area contributed by atoms with Crippen LogP contribution in [0, 0.1) is 0 Å². The van der Waals surface area contributed by atoms with Gasteiger partial charge in [0.2, 0.25) is 0 Å². The van der Waals surface area contributed by atoms with Crippen molar-refractivity contribution in [3.05, 3.63) is 45.1 Å². The van der Waals surface area contributed by atoms with E-state index in [4.69, 9.17) is 23.2 Å². The van der Waals surface area contributed by atoms with Crippen molar-refractivity contribution in [1.82, 2.24) is 15.1 Å². The molecule has 0 bridgehead atoms. The summed E-state index contributed by atoms with van der Waals surface area (Å²) >= 11 is 12.6. The summed E-state index contributed by atoms with van der Waals surface area (Å²) in [5.74, 6) is -0.000192. The van der Waals surface area contributed by atoms with Gasteiger partial charge in [-0.25, -0.2) is 4.79 Å². The molecule has 3 amide bonds. The fraction of sp³-hybridized carbons (Fsp3) is 0.474. The maximum atomic E-state index is 13.3. The zero-order valence-corrected chi connectivity index (χ0v) is 16.1. The summed E-state index contributed by atoms with van der Waals surface area (Å²) in [6, 6.07) is 4.74. The van der Waals surface area contributed by atoms with Gasteiger partial charge in [0, 0.05) is 13.1 Å². The van der Waals surface area contributed by atoms with Crippen LogP contribution >= 0.6 is 23.2 Å². The van der Waals surface area contributed by atoms with Crippen molar-refractivity contribution in [1.29, 1.82) is 0 Å². The second-order valence-corrected chi connectivity index (χ2v) is 7.95. The molecule has 2 heterocycles. The second kappa shape index (κ2) is 6.78. The summed E-state index contributed by atoms with van der Waals surface area (Å²) in [5.41, 5.74) is 2.04. The Morgan fingerprint density at radius 1 is 1.12 bits per heavy atom. The molecule has 2 aliphatic heterocycles. The summed E-state index contributed by atoms with van der Waals surface area (Å²) in [6.07, 6.45) is 5.58. The van der Waals surface area contributed by atoms with Crippen LogP contribution in [0.25, 0.3) is 0 Å². The van der Waals surface area contributed by atoms with Crippen molar-refractivity contribution in [3.8, 4) is 0 Å². The topological polar surface area (TPSA) is 52.7 Å². The van der Waals surface area contributed by atoms with E-state index in [2.05, 4.69) is 5.32 Å². The highest BCUT2D eigenvalue weighted by molar-refractivity contribution is 6.42. The lowest BCUT2D eigenvalue weighted by Gasteiger charge is -2.31. The molecule has 1 aromatic carbocycles. The van der Waals surface area contributed by atoms with Crippen LogP contribution in [0.5, 0.6) is 0 Å². The molecule has 0 saturated heterocycles. The molecule has 1 atom stereocenters. The Morgan fingerprint density at radius 3 is 2.58 bits per heavy atom. The third-order valence-electron chi connectivity index (χ3n) is 5.70.